The lowest BCUT2D eigenvalue weighted by molar-refractivity contribution is -0.149. The number of piperazine rings is 1. The number of carbonyl (C=O) groups is 2. The van der Waals surface area contributed by atoms with Gasteiger partial charge < -0.3 is 0 Å². The number of hydrogen-bond donors (Lipinski definition) is 1. The molecule has 1 unspecified atom stereocenters. The minimum absolute atomic E-state index is 0.0532. The molecule has 1 heterocycles. The van der Waals surface area contributed by atoms with E-state index in [1.807, 2.05) is 6.92 Å². The first kappa shape index (κ1) is 13.2. The van der Waals surface area contributed by atoms with E-state index in [9.17, 15) is 9.59 Å². The van der Waals surface area contributed by atoms with E-state index in [0.717, 1.165) is 19.3 Å². The average molecular weight is 226 g/mol. The van der Waals surface area contributed by atoms with E-state index in [1.165, 1.54) is 4.90 Å². The van der Waals surface area contributed by atoms with E-state index < -0.39 is 0 Å². The van der Waals surface area contributed by atoms with Crippen molar-refractivity contribution in [2.75, 3.05) is 13.1 Å². The van der Waals surface area contributed by atoms with Crippen LogP contribution in [0.3, 0.4) is 0 Å². The molecule has 0 aliphatic carbocycles. The van der Waals surface area contributed by atoms with Crippen molar-refractivity contribution in [3.05, 3.63) is 0 Å². The van der Waals surface area contributed by atoms with Gasteiger partial charge in [-0.25, -0.2) is 0 Å². The largest absolute Gasteiger partial charge is 0.297 e. The normalized spacial score (nSPS) is 22.0. The quantitative estimate of drug-likeness (QED) is 0.716. The zero-order valence-corrected chi connectivity index (χ0v) is 10.5. The molecule has 2 amide bonds. The van der Waals surface area contributed by atoms with Crippen molar-refractivity contribution in [3.63, 3.8) is 0 Å². The number of carbonyl (C=O) groups excluding carboxylic acids is 2. The van der Waals surface area contributed by atoms with Gasteiger partial charge in [-0.15, -0.1) is 0 Å². The molecule has 4 nitrogen and oxygen atoms in total. The molecule has 1 aliphatic rings. The lowest BCUT2D eigenvalue weighted by Gasteiger charge is -2.31. The van der Waals surface area contributed by atoms with Gasteiger partial charge in [0.25, 0.3) is 0 Å². The number of rotatable bonds is 5. The standard InChI is InChI=1S/C12H22N2O2/c1-4-10-12(16)14(11(15)8-13-10)7-5-6-9(2)3/h9-10,13H,4-8H2,1-3H3. The topological polar surface area (TPSA) is 49.4 Å². The van der Waals surface area contributed by atoms with E-state index >= 15 is 0 Å². The fraction of sp³-hybridized carbons (Fsp3) is 0.833. The maximum absolute atomic E-state index is 11.9. The second kappa shape index (κ2) is 5.99. The Labute approximate surface area is 97.4 Å². The predicted octanol–water partition coefficient (Wildman–Crippen LogP) is 1.16. The molecule has 1 rings (SSSR count). The molecular weight excluding hydrogens is 204 g/mol. The molecule has 4 heteroatoms. The summed E-state index contributed by atoms with van der Waals surface area (Å²) in [5, 5.41) is 2.96. The van der Waals surface area contributed by atoms with Crippen molar-refractivity contribution >= 4 is 11.8 Å². The van der Waals surface area contributed by atoms with Crippen LogP contribution >= 0.6 is 0 Å². The number of hydrogen-bond acceptors (Lipinski definition) is 3. The van der Waals surface area contributed by atoms with Gasteiger partial charge in [-0.05, 0) is 25.2 Å². The molecule has 1 aliphatic heterocycles. The number of nitrogens with zero attached hydrogens (tertiary/aromatic N) is 1. The van der Waals surface area contributed by atoms with Crippen LogP contribution in [-0.2, 0) is 9.59 Å². The third kappa shape index (κ3) is 3.30. The Morgan fingerprint density at radius 3 is 2.69 bits per heavy atom. The maximum atomic E-state index is 11.9. The van der Waals surface area contributed by atoms with Crippen LogP contribution in [0.5, 0.6) is 0 Å². The van der Waals surface area contributed by atoms with E-state index in [1.54, 1.807) is 0 Å². The Balaban J connectivity index is 2.48. The highest BCUT2D eigenvalue weighted by molar-refractivity contribution is 6.01. The lowest BCUT2D eigenvalue weighted by Crippen LogP contribution is -2.58. The zero-order chi connectivity index (χ0) is 12.1. The number of imide groups is 1. The smallest absolute Gasteiger partial charge is 0.246 e. The average Bonchev–Trinajstić information content (AvgIpc) is 2.23. The Bertz CT molecular complexity index is 264. The Morgan fingerprint density at radius 1 is 1.44 bits per heavy atom. The molecule has 0 radical (unpaired) electrons. The van der Waals surface area contributed by atoms with Crippen molar-refractivity contribution in [3.8, 4) is 0 Å². The first-order chi connectivity index (χ1) is 7.56. The van der Waals surface area contributed by atoms with Gasteiger partial charge in [0.15, 0.2) is 0 Å². The summed E-state index contributed by atoms with van der Waals surface area (Å²) in [6.45, 7) is 7.13. The van der Waals surface area contributed by atoms with Crippen molar-refractivity contribution < 1.29 is 9.59 Å². The zero-order valence-electron chi connectivity index (χ0n) is 10.5. The van der Waals surface area contributed by atoms with Gasteiger partial charge in [0.1, 0.15) is 0 Å². The molecule has 1 N–H and O–H groups in total. The molecule has 0 bridgehead atoms. The highest BCUT2D eigenvalue weighted by Gasteiger charge is 2.32. The molecule has 0 aromatic rings. The van der Waals surface area contributed by atoms with Crippen LogP contribution in [0.15, 0.2) is 0 Å². The lowest BCUT2D eigenvalue weighted by atomic mass is 10.1. The second-order valence-corrected chi connectivity index (χ2v) is 4.76. The fourth-order valence-electron chi connectivity index (χ4n) is 1.92. The van der Waals surface area contributed by atoms with E-state index in [0.29, 0.717) is 19.0 Å². The van der Waals surface area contributed by atoms with Gasteiger partial charge in [-0.2, -0.15) is 0 Å². The highest BCUT2D eigenvalue weighted by Crippen LogP contribution is 2.10. The molecule has 0 aromatic carbocycles. The Kier molecular flexibility index (Phi) is 4.93. The molecule has 0 saturated carbocycles. The van der Waals surface area contributed by atoms with Crippen molar-refractivity contribution in [2.45, 2.75) is 46.1 Å². The summed E-state index contributed by atoms with van der Waals surface area (Å²) in [7, 11) is 0. The summed E-state index contributed by atoms with van der Waals surface area (Å²) in [6, 6.07) is -0.170. The second-order valence-electron chi connectivity index (χ2n) is 4.76. The van der Waals surface area contributed by atoms with Gasteiger partial charge in [-0.1, -0.05) is 20.8 Å². The molecule has 92 valence electrons. The summed E-state index contributed by atoms with van der Waals surface area (Å²) >= 11 is 0. The predicted molar refractivity (Wildman–Crippen MR) is 62.9 cm³/mol. The van der Waals surface area contributed by atoms with Crippen LogP contribution in [0, 0.1) is 5.92 Å². The molecule has 1 saturated heterocycles. The van der Waals surface area contributed by atoms with Gasteiger partial charge in [0.2, 0.25) is 11.8 Å². The Hall–Kier alpha value is -0.900. The monoisotopic (exact) mass is 226 g/mol. The van der Waals surface area contributed by atoms with Crippen LogP contribution in [0.2, 0.25) is 0 Å². The highest BCUT2D eigenvalue weighted by atomic mass is 16.2. The molecule has 1 atom stereocenters. The minimum Gasteiger partial charge on any atom is -0.297 e. The molecule has 16 heavy (non-hydrogen) atoms. The molecule has 0 spiro atoms. The van der Waals surface area contributed by atoms with E-state index in [2.05, 4.69) is 19.2 Å². The van der Waals surface area contributed by atoms with Crippen LogP contribution in [0.4, 0.5) is 0 Å². The SMILES string of the molecule is CCC1NCC(=O)N(CCCC(C)C)C1=O. The Morgan fingerprint density at radius 2 is 2.12 bits per heavy atom. The summed E-state index contributed by atoms with van der Waals surface area (Å²) in [5.41, 5.74) is 0. The molecule has 0 aromatic heterocycles. The van der Waals surface area contributed by atoms with Crippen molar-refractivity contribution in [2.24, 2.45) is 5.92 Å². The molecule has 1 fully saturated rings. The summed E-state index contributed by atoms with van der Waals surface area (Å²) in [6.07, 6.45) is 2.71. The van der Waals surface area contributed by atoms with Gasteiger partial charge in [-0.3, -0.25) is 19.8 Å². The third-order valence-corrected chi connectivity index (χ3v) is 2.94. The molecular formula is C12H22N2O2. The summed E-state index contributed by atoms with van der Waals surface area (Å²) < 4.78 is 0. The van der Waals surface area contributed by atoms with Gasteiger partial charge in [0, 0.05) is 6.54 Å². The number of nitrogens with one attached hydrogen (secondary N) is 1. The van der Waals surface area contributed by atoms with Gasteiger partial charge >= 0.3 is 0 Å². The first-order valence-electron chi connectivity index (χ1n) is 6.13. The fourth-order valence-corrected chi connectivity index (χ4v) is 1.92. The maximum Gasteiger partial charge on any atom is 0.246 e. The van der Waals surface area contributed by atoms with Crippen molar-refractivity contribution in [1.29, 1.82) is 0 Å². The van der Waals surface area contributed by atoms with Crippen LogP contribution in [-0.4, -0.2) is 35.8 Å². The van der Waals surface area contributed by atoms with Crippen LogP contribution in [0.1, 0.15) is 40.0 Å². The summed E-state index contributed by atoms with van der Waals surface area (Å²) in [5.74, 6) is 0.482. The van der Waals surface area contributed by atoms with E-state index in [4.69, 9.17) is 0 Å². The van der Waals surface area contributed by atoms with Crippen LogP contribution < -0.4 is 5.32 Å². The van der Waals surface area contributed by atoms with E-state index in [-0.39, 0.29) is 17.9 Å². The van der Waals surface area contributed by atoms with Gasteiger partial charge in [0.05, 0.1) is 12.6 Å². The number of amides is 2. The minimum atomic E-state index is -0.170. The third-order valence-electron chi connectivity index (χ3n) is 2.94. The first-order valence-corrected chi connectivity index (χ1v) is 6.13. The summed E-state index contributed by atoms with van der Waals surface area (Å²) in [4.78, 5) is 24.9. The van der Waals surface area contributed by atoms with Crippen LogP contribution in [0.25, 0.3) is 0 Å². The van der Waals surface area contributed by atoms with Crippen molar-refractivity contribution in [1.82, 2.24) is 10.2 Å².